The van der Waals surface area contributed by atoms with Crippen molar-refractivity contribution >= 4 is 39.6 Å². The number of nitrogen functional groups attached to an aromatic ring is 1. The third kappa shape index (κ3) is 3.71. The highest BCUT2D eigenvalue weighted by Gasteiger charge is 2.23. The van der Waals surface area contributed by atoms with Gasteiger partial charge in [0, 0.05) is 36.3 Å². The molecule has 0 aliphatic carbocycles. The lowest BCUT2D eigenvalue weighted by molar-refractivity contribution is -0.384. The van der Waals surface area contributed by atoms with Crippen LogP contribution in [0.1, 0.15) is 17.3 Å². The van der Waals surface area contributed by atoms with Crippen LogP contribution in [-0.2, 0) is 0 Å². The largest absolute Gasteiger partial charge is 0.397 e. The second-order valence-electron chi connectivity index (χ2n) is 6.12. The lowest BCUT2D eigenvalue weighted by Crippen LogP contribution is -2.30. The molecule has 0 unspecified atom stereocenters. The second kappa shape index (κ2) is 7.92. The Hall–Kier alpha value is -3.66. The first-order valence-electron chi connectivity index (χ1n) is 8.62. The smallest absolute Gasteiger partial charge is 0.272 e. The number of fused-ring (bicyclic) bond motifs is 1. The highest BCUT2D eigenvalue weighted by Crippen LogP contribution is 2.33. The molecule has 1 amide bonds. The molecule has 0 bridgehead atoms. The molecule has 10 nitrogen and oxygen atoms in total. The van der Waals surface area contributed by atoms with Crippen molar-refractivity contribution in [3.05, 3.63) is 52.2 Å². The second-order valence-corrected chi connectivity index (χ2v) is 6.12. The Balaban J connectivity index is 2.03. The summed E-state index contributed by atoms with van der Waals surface area (Å²) >= 11 is 0. The van der Waals surface area contributed by atoms with E-state index in [1.807, 2.05) is 6.92 Å². The molecule has 0 aliphatic rings. The summed E-state index contributed by atoms with van der Waals surface area (Å²) in [7, 11) is 0. The number of aliphatic hydroxyl groups excluding tert-OH is 1. The molecular weight excluding hydrogens is 364 g/mol. The Morgan fingerprint density at radius 1 is 1.39 bits per heavy atom. The summed E-state index contributed by atoms with van der Waals surface area (Å²) in [5.41, 5.74) is 7.51. The van der Waals surface area contributed by atoms with Gasteiger partial charge in [0.05, 0.1) is 40.2 Å². The van der Waals surface area contributed by atoms with Gasteiger partial charge in [0.1, 0.15) is 0 Å². The number of amides is 1. The van der Waals surface area contributed by atoms with Crippen molar-refractivity contribution in [2.75, 3.05) is 35.6 Å². The van der Waals surface area contributed by atoms with Gasteiger partial charge in [0.2, 0.25) is 0 Å². The Bertz CT molecular complexity index is 1030. The molecule has 5 N–H and O–H groups in total. The predicted octanol–water partition coefficient (Wildman–Crippen LogP) is 2.12. The quantitative estimate of drug-likeness (QED) is 0.277. The molecule has 1 heterocycles. The van der Waals surface area contributed by atoms with Gasteiger partial charge in [-0.1, -0.05) is 0 Å². The van der Waals surface area contributed by atoms with E-state index in [2.05, 4.69) is 15.5 Å². The SMILES string of the molecule is CCN(CCO)c1c(N)cc([N+](=O)[O-])cc1C(=O)Nc1ccc2cn[nH]c2c1. The number of likely N-dealkylation sites (N-methyl/N-ethyl adjacent to an activating group) is 1. The number of nitrogens with one attached hydrogen (secondary N) is 2. The van der Waals surface area contributed by atoms with Gasteiger partial charge in [-0.2, -0.15) is 5.10 Å². The molecule has 0 saturated heterocycles. The minimum absolute atomic E-state index is 0.0618. The van der Waals surface area contributed by atoms with Gasteiger partial charge in [0.15, 0.2) is 0 Å². The van der Waals surface area contributed by atoms with Crippen molar-refractivity contribution in [2.45, 2.75) is 6.92 Å². The molecule has 146 valence electrons. The molecule has 0 radical (unpaired) electrons. The van der Waals surface area contributed by atoms with Gasteiger partial charge < -0.3 is 21.1 Å². The molecule has 0 saturated carbocycles. The number of nitro benzene ring substituents is 1. The molecule has 10 heteroatoms. The van der Waals surface area contributed by atoms with Gasteiger partial charge in [-0.25, -0.2) is 0 Å². The van der Waals surface area contributed by atoms with Crippen molar-refractivity contribution in [3.63, 3.8) is 0 Å². The maximum atomic E-state index is 13.0. The fraction of sp³-hybridized carbons (Fsp3) is 0.222. The van der Waals surface area contributed by atoms with Crippen LogP contribution in [0.2, 0.25) is 0 Å². The van der Waals surface area contributed by atoms with Crippen LogP contribution in [0.25, 0.3) is 10.9 Å². The number of anilines is 3. The zero-order chi connectivity index (χ0) is 20.3. The van der Waals surface area contributed by atoms with Gasteiger partial charge in [0.25, 0.3) is 11.6 Å². The first kappa shape index (κ1) is 19.1. The Morgan fingerprint density at radius 2 is 2.18 bits per heavy atom. The van der Waals surface area contributed by atoms with Crippen molar-refractivity contribution in [1.82, 2.24) is 10.2 Å². The fourth-order valence-electron chi connectivity index (χ4n) is 3.03. The van der Waals surface area contributed by atoms with Crippen LogP contribution in [0.4, 0.5) is 22.7 Å². The van der Waals surface area contributed by atoms with E-state index in [0.717, 1.165) is 10.9 Å². The average molecular weight is 384 g/mol. The maximum Gasteiger partial charge on any atom is 0.272 e. The van der Waals surface area contributed by atoms with Crippen LogP contribution in [0, 0.1) is 10.1 Å². The summed E-state index contributed by atoms with van der Waals surface area (Å²) in [6.45, 7) is 2.38. The van der Waals surface area contributed by atoms with Crippen molar-refractivity contribution in [3.8, 4) is 0 Å². The van der Waals surface area contributed by atoms with Crippen LogP contribution in [0.3, 0.4) is 0 Å². The van der Waals surface area contributed by atoms with Gasteiger partial charge >= 0.3 is 0 Å². The molecule has 28 heavy (non-hydrogen) atoms. The van der Waals surface area contributed by atoms with Crippen molar-refractivity contribution in [1.29, 1.82) is 0 Å². The van der Waals surface area contributed by atoms with Gasteiger partial charge in [-0.15, -0.1) is 0 Å². The molecule has 0 atom stereocenters. The number of hydrogen-bond donors (Lipinski definition) is 4. The fourth-order valence-corrected chi connectivity index (χ4v) is 3.03. The summed E-state index contributed by atoms with van der Waals surface area (Å²) in [4.78, 5) is 25.3. The molecular formula is C18H20N6O4. The normalized spacial score (nSPS) is 10.8. The maximum absolute atomic E-state index is 13.0. The number of aromatic nitrogens is 2. The minimum Gasteiger partial charge on any atom is -0.397 e. The summed E-state index contributed by atoms with van der Waals surface area (Å²) in [5, 5.41) is 30.9. The number of H-pyrrole nitrogens is 1. The average Bonchev–Trinajstić information content (AvgIpc) is 3.13. The molecule has 3 aromatic rings. The Labute approximate surface area is 160 Å². The minimum atomic E-state index is -0.601. The van der Waals surface area contributed by atoms with E-state index < -0.39 is 10.8 Å². The van der Waals surface area contributed by atoms with Crippen LogP contribution in [-0.4, -0.2) is 45.8 Å². The van der Waals surface area contributed by atoms with E-state index in [1.165, 1.54) is 12.1 Å². The number of hydrogen-bond acceptors (Lipinski definition) is 7. The topological polar surface area (TPSA) is 150 Å². The first-order valence-corrected chi connectivity index (χ1v) is 8.62. The lowest BCUT2D eigenvalue weighted by atomic mass is 10.1. The number of carbonyl (C=O) groups is 1. The lowest BCUT2D eigenvalue weighted by Gasteiger charge is -2.26. The number of aromatic amines is 1. The van der Waals surface area contributed by atoms with Gasteiger partial charge in [-0.05, 0) is 25.1 Å². The number of nitrogens with zero attached hydrogens (tertiary/aromatic N) is 3. The predicted molar refractivity (Wildman–Crippen MR) is 107 cm³/mol. The molecule has 0 fully saturated rings. The van der Waals surface area contributed by atoms with Gasteiger partial charge in [-0.3, -0.25) is 20.0 Å². The summed E-state index contributed by atoms with van der Waals surface area (Å²) in [6.07, 6.45) is 1.66. The first-order chi connectivity index (χ1) is 13.4. The van der Waals surface area contributed by atoms with Crippen LogP contribution in [0.15, 0.2) is 36.5 Å². The van der Waals surface area contributed by atoms with Crippen molar-refractivity contribution < 1.29 is 14.8 Å². The summed E-state index contributed by atoms with van der Waals surface area (Å²) in [5.74, 6) is -0.541. The van der Waals surface area contributed by atoms with Crippen LogP contribution in [0.5, 0.6) is 0 Å². The number of aliphatic hydroxyl groups is 1. The van der Waals surface area contributed by atoms with E-state index in [0.29, 0.717) is 17.9 Å². The summed E-state index contributed by atoms with van der Waals surface area (Å²) in [6, 6.07) is 7.62. The summed E-state index contributed by atoms with van der Waals surface area (Å²) < 4.78 is 0. The zero-order valence-electron chi connectivity index (χ0n) is 15.2. The van der Waals surface area contributed by atoms with Crippen LogP contribution >= 0.6 is 0 Å². The van der Waals surface area contributed by atoms with E-state index in [-0.39, 0.29) is 30.1 Å². The third-order valence-corrected chi connectivity index (χ3v) is 4.35. The van der Waals surface area contributed by atoms with Crippen LogP contribution < -0.4 is 16.0 Å². The molecule has 2 aromatic carbocycles. The van der Waals surface area contributed by atoms with E-state index in [9.17, 15) is 20.0 Å². The number of nitro groups is 1. The number of benzene rings is 2. The number of non-ortho nitro benzene ring substituents is 1. The molecule has 1 aromatic heterocycles. The molecule has 3 rings (SSSR count). The monoisotopic (exact) mass is 384 g/mol. The highest BCUT2D eigenvalue weighted by atomic mass is 16.6. The zero-order valence-corrected chi connectivity index (χ0v) is 15.2. The Morgan fingerprint density at radius 3 is 2.86 bits per heavy atom. The van der Waals surface area contributed by atoms with E-state index in [4.69, 9.17) is 5.73 Å². The molecule has 0 spiro atoms. The standard InChI is InChI=1S/C18H20N6O4/c1-2-23(5-6-25)17-14(8-13(24(27)28)9-15(17)19)18(26)21-12-4-3-11-10-20-22-16(11)7-12/h3-4,7-10,25H,2,5-6,19H2,1H3,(H,20,22)(H,21,26). The highest BCUT2D eigenvalue weighted by molar-refractivity contribution is 6.11. The Kier molecular flexibility index (Phi) is 5.41. The molecule has 0 aliphatic heterocycles. The number of rotatable bonds is 7. The van der Waals surface area contributed by atoms with E-state index >= 15 is 0 Å². The van der Waals surface area contributed by atoms with E-state index in [1.54, 1.807) is 29.3 Å². The number of nitrogens with two attached hydrogens (primary N) is 1. The number of carbonyl (C=O) groups excluding carboxylic acids is 1. The van der Waals surface area contributed by atoms with Crippen molar-refractivity contribution in [2.24, 2.45) is 0 Å². The third-order valence-electron chi connectivity index (χ3n) is 4.35.